The normalized spacial score (nSPS) is 13.6. The van der Waals surface area contributed by atoms with E-state index in [0.717, 1.165) is 19.5 Å². The first-order chi connectivity index (χ1) is 8.37. The van der Waals surface area contributed by atoms with Crippen LogP contribution in [-0.4, -0.2) is 24.7 Å². The first-order valence-electron chi connectivity index (χ1n) is 6.60. The Bertz CT molecular complexity index is 341. The lowest BCUT2D eigenvalue weighted by atomic mass is 10.1. The lowest BCUT2D eigenvalue weighted by molar-refractivity contribution is 0.389. The van der Waals surface area contributed by atoms with E-state index in [9.17, 15) is 4.39 Å². The number of nitrogens with one attached hydrogen (secondary N) is 2. The highest BCUT2D eigenvalue weighted by molar-refractivity contribution is 5.16. The fourth-order valence-corrected chi connectivity index (χ4v) is 1.65. The Morgan fingerprint density at radius 3 is 2.33 bits per heavy atom. The smallest absolute Gasteiger partial charge is 0.123 e. The molecule has 0 aliphatic carbocycles. The van der Waals surface area contributed by atoms with Crippen LogP contribution in [0.2, 0.25) is 0 Å². The summed E-state index contributed by atoms with van der Waals surface area (Å²) in [6.45, 7) is 10.5. The zero-order valence-electron chi connectivity index (χ0n) is 11.9. The van der Waals surface area contributed by atoms with Crippen molar-refractivity contribution in [3.8, 4) is 0 Å². The summed E-state index contributed by atoms with van der Waals surface area (Å²) in [7, 11) is 0. The van der Waals surface area contributed by atoms with Gasteiger partial charge in [-0.15, -0.1) is 0 Å². The van der Waals surface area contributed by atoms with E-state index in [1.54, 1.807) is 0 Å². The van der Waals surface area contributed by atoms with Gasteiger partial charge in [0.2, 0.25) is 0 Å². The SMILES string of the molecule is CC(CNC(C)(C)C)NCCc1ccc(F)cc1. The van der Waals surface area contributed by atoms with Gasteiger partial charge in [-0.05, 0) is 58.4 Å². The van der Waals surface area contributed by atoms with Crippen molar-refractivity contribution in [2.45, 2.75) is 45.7 Å². The molecule has 1 unspecified atom stereocenters. The van der Waals surface area contributed by atoms with Crippen LogP contribution in [0.5, 0.6) is 0 Å². The van der Waals surface area contributed by atoms with Gasteiger partial charge in [-0.25, -0.2) is 4.39 Å². The molecule has 1 atom stereocenters. The summed E-state index contributed by atoms with van der Waals surface area (Å²) < 4.78 is 12.7. The van der Waals surface area contributed by atoms with Gasteiger partial charge < -0.3 is 10.6 Å². The van der Waals surface area contributed by atoms with Crippen molar-refractivity contribution in [1.82, 2.24) is 10.6 Å². The summed E-state index contributed by atoms with van der Waals surface area (Å²) in [6.07, 6.45) is 0.931. The Labute approximate surface area is 110 Å². The molecule has 0 heterocycles. The zero-order valence-corrected chi connectivity index (χ0v) is 11.9. The van der Waals surface area contributed by atoms with Gasteiger partial charge in [0.1, 0.15) is 5.82 Å². The van der Waals surface area contributed by atoms with Crippen molar-refractivity contribution >= 4 is 0 Å². The lowest BCUT2D eigenvalue weighted by Crippen LogP contribution is -2.44. The van der Waals surface area contributed by atoms with Crippen LogP contribution in [0.1, 0.15) is 33.3 Å². The minimum Gasteiger partial charge on any atom is -0.313 e. The van der Waals surface area contributed by atoms with E-state index in [1.165, 1.54) is 17.7 Å². The highest BCUT2D eigenvalue weighted by atomic mass is 19.1. The molecular weight excluding hydrogens is 227 g/mol. The molecule has 2 N–H and O–H groups in total. The van der Waals surface area contributed by atoms with Crippen LogP contribution in [0.4, 0.5) is 4.39 Å². The van der Waals surface area contributed by atoms with Gasteiger partial charge in [-0.3, -0.25) is 0 Å². The van der Waals surface area contributed by atoms with Crippen molar-refractivity contribution in [2.75, 3.05) is 13.1 Å². The minimum atomic E-state index is -0.172. The molecular formula is C15H25FN2. The second-order valence-electron chi connectivity index (χ2n) is 5.86. The van der Waals surface area contributed by atoms with Gasteiger partial charge in [-0.2, -0.15) is 0 Å². The summed E-state index contributed by atoms with van der Waals surface area (Å²) in [4.78, 5) is 0. The largest absolute Gasteiger partial charge is 0.313 e. The van der Waals surface area contributed by atoms with Crippen LogP contribution in [0.3, 0.4) is 0 Å². The molecule has 0 radical (unpaired) electrons. The van der Waals surface area contributed by atoms with Crippen LogP contribution < -0.4 is 10.6 Å². The van der Waals surface area contributed by atoms with Crippen molar-refractivity contribution in [1.29, 1.82) is 0 Å². The highest BCUT2D eigenvalue weighted by Crippen LogP contribution is 2.03. The third kappa shape index (κ3) is 6.72. The Kier molecular flexibility index (Phi) is 5.76. The van der Waals surface area contributed by atoms with Gasteiger partial charge in [0, 0.05) is 18.1 Å². The Hall–Kier alpha value is -0.930. The molecule has 2 nitrogen and oxygen atoms in total. The molecule has 102 valence electrons. The maximum absolute atomic E-state index is 12.7. The van der Waals surface area contributed by atoms with Crippen molar-refractivity contribution < 1.29 is 4.39 Å². The van der Waals surface area contributed by atoms with E-state index in [4.69, 9.17) is 0 Å². The van der Waals surface area contributed by atoms with Gasteiger partial charge in [0.15, 0.2) is 0 Å². The van der Waals surface area contributed by atoms with Crippen LogP contribution >= 0.6 is 0 Å². The molecule has 0 bridgehead atoms. The van der Waals surface area contributed by atoms with E-state index < -0.39 is 0 Å². The molecule has 0 saturated carbocycles. The number of rotatable bonds is 6. The quantitative estimate of drug-likeness (QED) is 0.813. The standard InChI is InChI=1S/C15H25FN2/c1-12(11-18-15(2,3)4)17-10-9-13-5-7-14(16)8-6-13/h5-8,12,17-18H,9-11H2,1-4H3. The van der Waals surface area contributed by atoms with Crippen molar-refractivity contribution in [2.24, 2.45) is 0 Å². The van der Waals surface area contributed by atoms with Crippen molar-refractivity contribution in [3.05, 3.63) is 35.6 Å². The van der Waals surface area contributed by atoms with E-state index >= 15 is 0 Å². The number of hydrogen-bond donors (Lipinski definition) is 2. The van der Waals surface area contributed by atoms with Crippen LogP contribution in [0.25, 0.3) is 0 Å². The molecule has 3 heteroatoms. The van der Waals surface area contributed by atoms with Gasteiger partial charge in [-0.1, -0.05) is 12.1 Å². The molecule has 0 aromatic heterocycles. The van der Waals surface area contributed by atoms with Gasteiger partial charge >= 0.3 is 0 Å². The molecule has 0 fully saturated rings. The van der Waals surface area contributed by atoms with E-state index in [-0.39, 0.29) is 11.4 Å². The molecule has 0 spiro atoms. The predicted octanol–water partition coefficient (Wildman–Crippen LogP) is 2.73. The van der Waals surface area contributed by atoms with Crippen molar-refractivity contribution in [3.63, 3.8) is 0 Å². The second kappa shape index (κ2) is 6.86. The predicted molar refractivity (Wildman–Crippen MR) is 75.3 cm³/mol. The average molecular weight is 252 g/mol. The second-order valence-corrected chi connectivity index (χ2v) is 5.86. The molecule has 18 heavy (non-hydrogen) atoms. The fourth-order valence-electron chi connectivity index (χ4n) is 1.65. The zero-order chi connectivity index (χ0) is 13.6. The van der Waals surface area contributed by atoms with E-state index in [2.05, 4.69) is 38.3 Å². The molecule has 1 aromatic rings. The monoisotopic (exact) mass is 252 g/mol. The Morgan fingerprint density at radius 2 is 1.78 bits per heavy atom. The van der Waals surface area contributed by atoms with Crippen LogP contribution in [-0.2, 0) is 6.42 Å². The summed E-state index contributed by atoms with van der Waals surface area (Å²) in [6, 6.07) is 7.15. The summed E-state index contributed by atoms with van der Waals surface area (Å²) in [5, 5.41) is 6.93. The first kappa shape index (κ1) is 15.1. The molecule has 0 saturated heterocycles. The summed E-state index contributed by atoms with van der Waals surface area (Å²) in [5.74, 6) is -0.172. The highest BCUT2D eigenvalue weighted by Gasteiger charge is 2.10. The third-order valence-corrected chi connectivity index (χ3v) is 2.76. The Morgan fingerprint density at radius 1 is 1.17 bits per heavy atom. The number of hydrogen-bond acceptors (Lipinski definition) is 2. The van der Waals surface area contributed by atoms with Crippen LogP contribution in [0.15, 0.2) is 24.3 Å². The molecule has 1 aromatic carbocycles. The van der Waals surface area contributed by atoms with Gasteiger partial charge in [0.25, 0.3) is 0 Å². The molecule has 0 aliphatic heterocycles. The third-order valence-electron chi connectivity index (χ3n) is 2.76. The maximum Gasteiger partial charge on any atom is 0.123 e. The topological polar surface area (TPSA) is 24.1 Å². The maximum atomic E-state index is 12.7. The number of benzene rings is 1. The van der Waals surface area contributed by atoms with Crippen LogP contribution in [0, 0.1) is 5.82 Å². The lowest BCUT2D eigenvalue weighted by Gasteiger charge is -2.24. The minimum absolute atomic E-state index is 0.160. The molecule has 0 amide bonds. The van der Waals surface area contributed by atoms with E-state index in [0.29, 0.717) is 6.04 Å². The van der Waals surface area contributed by atoms with E-state index in [1.807, 2.05) is 12.1 Å². The average Bonchev–Trinajstić information content (AvgIpc) is 2.28. The summed E-state index contributed by atoms with van der Waals surface area (Å²) in [5.41, 5.74) is 1.33. The number of halogens is 1. The Balaban J connectivity index is 2.19. The molecule has 1 rings (SSSR count). The fraction of sp³-hybridized carbons (Fsp3) is 0.600. The first-order valence-corrected chi connectivity index (χ1v) is 6.60. The summed E-state index contributed by atoms with van der Waals surface area (Å²) >= 11 is 0. The molecule has 0 aliphatic rings. The van der Waals surface area contributed by atoms with Gasteiger partial charge in [0.05, 0.1) is 0 Å².